The molecule has 5 aliphatic heterocycles. The first-order chi connectivity index (χ1) is 33.5. The third kappa shape index (κ3) is 24.6. The van der Waals surface area contributed by atoms with Gasteiger partial charge < -0.3 is 83.0 Å². The van der Waals surface area contributed by atoms with Crippen molar-refractivity contribution in [1.82, 2.24) is 0 Å². The molecule has 0 amide bonds. The molecular formula is C50H73I6O14V2-2. The second-order valence-electron chi connectivity index (χ2n) is 16.5. The van der Waals surface area contributed by atoms with Crippen molar-refractivity contribution in [3.8, 4) is 0 Å². The normalized spacial score (nSPS) is 33.2. The van der Waals surface area contributed by atoms with Gasteiger partial charge in [-0.05, 0) is 23.8 Å². The minimum absolute atomic E-state index is 0. The number of benzene rings is 3. The Kier molecular flexibility index (Phi) is 40.8. The summed E-state index contributed by atoms with van der Waals surface area (Å²) in [7, 11) is 0.628. The predicted octanol–water partition coefficient (Wildman–Crippen LogP) is 10.7. The molecule has 5 heterocycles. The van der Waals surface area contributed by atoms with E-state index in [1.54, 1.807) is 19.9 Å². The summed E-state index contributed by atoms with van der Waals surface area (Å²) < 4.78 is 52.5. The monoisotopic (exact) mass is 1760 g/mol. The van der Waals surface area contributed by atoms with E-state index in [1.165, 1.54) is 4.43 Å². The number of halogens is 6. The van der Waals surface area contributed by atoms with E-state index in [1.807, 2.05) is 105 Å². The number of hydrogen-bond donors (Lipinski definition) is 5. The minimum atomic E-state index is -0.991. The zero-order chi connectivity index (χ0) is 51.8. The van der Waals surface area contributed by atoms with Crippen LogP contribution in [0.1, 0.15) is 63.9 Å². The molecule has 3 aromatic carbocycles. The van der Waals surface area contributed by atoms with Crippen molar-refractivity contribution in [2.24, 2.45) is 11.8 Å². The van der Waals surface area contributed by atoms with Crippen LogP contribution in [0.4, 0.5) is 0 Å². The van der Waals surface area contributed by atoms with Gasteiger partial charge in [0.1, 0.15) is 48.8 Å². The van der Waals surface area contributed by atoms with Gasteiger partial charge in [-0.25, -0.2) is 0 Å². The molecule has 0 bridgehead atoms. The average Bonchev–Trinajstić information content (AvgIpc) is 3.36. The third-order valence-corrected chi connectivity index (χ3v) is 11.6. The number of hydrogen-bond acceptors (Lipinski definition) is 14. The number of rotatable bonds is 9. The van der Waals surface area contributed by atoms with Gasteiger partial charge in [0.05, 0.1) is 57.5 Å². The van der Waals surface area contributed by atoms with E-state index in [0.29, 0.717) is 35.9 Å². The van der Waals surface area contributed by atoms with Gasteiger partial charge in [0, 0.05) is 23.0 Å². The molecular weight excluding hydrogens is 1690 g/mol. The Labute approximate surface area is 509 Å². The summed E-state index contributed by atoms with van der Waals surface area (Å²) >= 11 is 14.4. The van der Waals surface area contributed by atoms with E-state index in [9.17, 15) is 25.5 Å². The second-order valence-corrected chi connectivity index (χ2v) is 65.2. The van der Waals surface area contributed by atoms with Crippen molar-refractivity contribution >= 4 is 122 Å². The van der Waals surface area contributed by atoms with E-state index in [0.717, 1.165) is 16.7 Å². The molecule has 22 heteroatoms. The van der Waals surface area contributed by atoms with Crippen molar-refractivity contribution < 1.29 is 82.6 Å². The fraction of sp³-hybridized carbons (Fsp3) is 0.560. The molecule has 0 radical (unpaired) electrons. The number of ether oxygens (including phenoxy) is 9. The zero-order valence-corrected chi connectivity index (χ0v) is 57.3. The molecule has 8 unspecified atom stereocenters. The fourth-order valence-corrected chi connectivity index (χ4v) is 7.73. The first-order valence-electron chi connectivity index (χ1n) is 22.6. The number of aliphatic hydroxyl groups excluding tert-OH is 5. The molecule has 5 fully saturated rings. The Balaban J connectivity index is 0.000000488. The maximum atomic E-state index is 10.3. The van der Waals surface area contributed by atoms with Crippen LogP contribution < -0.4 is 0 Å². The van der Waals surface area contributed by atoms with Crippen molar-refractivity contribution in [3.63, 3.8) is 0 Å². The molecule has 0 saturated carbocycles. The molecule has 8 rings (SSSR count). The van der Waals surface area contributed by atoms with Crippen LogP contribution >= 0.6 is 122 Å². The maximum absolute atomic E-state index is 10.3. The van der Waals surface area contributed by atoms with Crippen LogP contribution in [0.2, 0.25) is 0 Å². The Morgan fingerprint density at radius 3 is 1.53 bits per heavy atom. The topological polar surface area (TPSA) is 184 Å². The first kappa shape index (κ1) is 72.4. The van der Waals surface area contributed by atoms with Crippen LogP contribution in [0.3, 0.4) is 0 Å². The van der Waals surface area contributed by atoms with Gasteiger partial charge >= 0.3 is 114 Å². The number of aliphatic hydroxyl groups is 5. The SMILES string of the molecule is C=CCO[C@H]1OC(COCc2ccccc2)[C@H](O)[C@H](O)C1C.CC1[C@H](C)OC2COC(c3ccccc3)O[C@@H]2[C@@H]1O.CCI.C[C@@H]1OC2COC(c3ccccc3)O[C@@H]2[C@H](O)C1O.[CH3-].[CH3-].[I][V]([I])[I].[I][V][I]. The first-order valence-corrected chi connectivity index (χ1v) is 46.7. The molecule has 0 aliphatic carbocycles. The zero-order valence-electron chi connectivity index (χ0n) is 41.6. The molecule has 5 N–H and O–H groups in total. The van der Waals surface area contributed by atoms with Crippen molar-refractivity contribution in [2.75, 3.05) is 30.9 Å². The van der Waals surface area contributed by atoms with Crippen LogP contribution in [0.15, 0.2) is 104 Å². The second kappa shape index (κ2) is 40.5. The van der Waals surface area contributed by atoms with Gasteiger partial charge in [0.15, 0.2) is 18.9 Å². The molecule has 72 heavy (non-hydrogen) atoms. The summed E-state index contributed by atoms with van der Waals surface area (Å²) in [4.78, 5) is -0.278. The van der Waals surface area contributed by atoms with Gasteiger partial charge in [-0.2, -0.15) is 0 Å². The van der Waals surface area contributed by atoms with Crippen LogP contribution in [-0.2, 0) is 63.6 Å². The summed E-state index contributed by atoms with van der Waals surface area (Å²) in [6.07, 6.45) is -6.62. The molecule has 0 aromatic heterocycles. The van der Waals surface area contributed by atoms with E-state index >= 15 is 0 Å². The van der Waals surface area contributed by atoms with E-state index < -0.39 is 67.7 Å². The summed E-state index contributed by atoms with van der Waals surface area (Å²) in [5.74, 6) is -0.254. The summed E-state index contributed by atoms with van der Waals surface area (Å²) in [6.45, 7) is 14.9. The molecule has 17 atom stereocenters. The van der Waals surface area contributed by atoms with E-state index in [4.69, 9.17) is 42.6 Å². The van der Waals surface area contributed by atoms with Crippen LogP contribution in [0, 0.1) is 26.7 Å². The average molecular weight is 1760 g/mol. The van der Waals surface area contributed by atoms with E-state index in [2.05, 4.69) is 136 Å². The van der Waals surface area contributed by atoms with Crippen molar-refractivity contribution in [3.05, 3.63) is 135 Å². The summed E-state index contributed by atoms with van der Waals surface area (Å²) in [6, 6.07) is 29.1. The van der Waals surface area contributed by atoms with Crippen molar-refractivity contribution in [2.45, 2.75) is 133 Å². The molecule has 3 aromatic rings. The number of alkyl halides is 1. The predicted molar refractivity (Wildman–Crippen MR) is 325 cm³/mol. The van der Waals surface area contributed by atoms with E-state index in [-0.39, 0.29) is 62.6 Å². The Morgan fingerprint density at radius 1 is 0.639 bits per heavy atom. The Bertz CT molecular complexity index is 1720. The van der Waals surface area contributed by atoms with Gasteiger partial charge in [-0.15, -0.1) is 6.58 Å². The summed E-state index contributed by atoms with van der Waals surface area (Å²) in [5.41, 5.74) is 2.90. The third-order valence-electron chi connectivity index (χ3n) is 11.6. The molecule has 14 nitrogen and oxygen atoms in total. The quantitative estimate of drug-likeness (QED) is 0.0590. The van der Waals surface area contributed by atoms with Crippen molar-refractivity contribution in [1.29, 1.82) is 0 Å². The van der Waals surface area contributed by atoms with Crippen LogP contribution in [0.25, 0.3) is 0 Å². The Hall–Kier alpha value is 2.39. The fourth-order valence-electron chi connectivity index (χ4n) is 7.73. The molecule has 411 valence electrons. The molecule has 5 saturated heterocycles. The standard InChI is InChI=1S/C17H24O5.C15H20O4.C14H18O5.C2H5I.2CH3.5HI.2V/c1-3-9-21-17-12(2)15(18)16(19)14(22-17)11-20-10-13-7-5-4-6-8-13;1-9-10(2)18-12-8-17-15(19-14(12)13(9)16)11-6-4-3-5-7-11;1-8-11(15)12(16)13-10(18-8)7-17-14(19-13)9-5-3-2-4-6-9;1-2-3;;;;;;;;;/h3-8,12,14-19H,1,9-11H2,2H3;3-7,9-10,12-16H,8H2,1-2H3;2-6,8,10-16H,7H2,1H3;2H2,1H3;2*1H3;5*1H;;/q;;;;2*-1;;;;;;+2;+3/p-5/t12?,14?,15-,16+,17+;9?,10-,12?,13+,14-,15?;8-,10?,11?,12+,13-,14?;;;;;;;;;;/m100........../s1. The number of fused-ring (bicyclic) bond motifs is 2. The molecule has 0 spiro atoms. The van der Waals surface area contributed by atoms with Gasteiger partial charge in [-0.1, -0.05) is 140 Å². The molecule has 5 aliphatic rings. The Morgan fingerprint density at radius 2 is 1.07 bits per heavy atom. The summed E-state index contributed by atoms with van der Waals surface area (Å²) in [5, 5.41) is 50.5. The van der Waals surface area contributed by atoms with Gasteiger partial charge in [0.2, 0.25) is 0 Å². The van der Waals surface area contributed by atoms with Crippen LogP contribution in [0.5, 0.6) is 0 Å². The van der Waals surface area contributed by atoms with Gasteiger partial charge in [0.25, 0.3) is 0 Å². The van der Waals surface area contributed by atoms with Crippen LogP contribution in [-0.4, -0.2) is 136 Å². The van der Waals surface area contributed by atoms with Gasteiger partial charge in [-0.3, -0.25) is 0 Å².